The van der Waals surface area contributed by atoms with E-state index in [2.05, 4.69) is 12.2 Å². The molecule has 0 aromatic heterocycles. The van der Waals surface area contributed by atoms with Crippen LogP contribution in [0.3, 0.4) is 0 Å². The van der Waals surface area contributed by atoms with Crippen molar-refractivity contribution in [1.82, 2.24) is 10.2 Å². The Kier molecular flexibility index (Phi) is 6.84. The molecule has 3 N–H and O–H groups in total. The molecular weight excluding hydrogens is 242 g/mol. The summed E-state index contributed by atoms with van der Waals surface area (Å²) >= 11 is 0. The van der Waals surface area contributed by atoms with Crippen molar-refractivity contribution in [3.05, 3.63) is 0 Å². The van der Waals surface area contributed by atoms with Gasteiger partial charge in [-0.25, -0.2) is 0 Å². The highest BCUT2D eigenvalue weighted by Crippen LogP contribution is 2.18. The Morgan fingerprint density at radius 3 is 2.47 bits per heavy atom. The maximum Gasteiger partial charge on any atom is 0.239 e. The molecule has 1 aliphatic heterocycles. The highest BCUT2D eigenvalue weighted by molar-refractivity contribution is 5.82. The molecular formula is C14H27N3O2. The maximum absolute atomic E-state index is 11.9. The number of likely N-dealkylation sites (tertiary alicyclic amines) is 1. The van der Waals surface area contributed by atoms with Crippen LogP contribution in [-0.2, 0) is 9.59 Å². The SMILES string of the molecule is CCCCNC(=O)C1CCN(C(=O)[C@H](N)CC)CC1. The lowest BCUT2D eigenvalue weighted by Gasteiger charge is -2.32. The molecule has 0 aliphatic carbocycles. The summed E-state index contributed by atoms with van der Waals surface area (Å²) in [6, 6.07) is -0.394. The summed E-state index contributed by atoms with van der Waals surface area (Å²) in [4.78, 5) is 25.6. The molecule has 1 aliphatic rings. The quantitative estimate of drug-likeness (QED) is 0.703. The summed E-state index contributed by atoms with van der Waals surface area (Å²) in [5, 5.41) is 2.96. The number of piperidine rings is 1. The lowest BCUT2D eigenvalue weighted by Crippen LogP contribution is -2.48. The molecule has 0 spiro atoms. The fourth-order valence-corrected chi connectivity index (χ4v) is 2.30. The van der Waals surface area contributed by atoms with E-state index in [0.29, 0.717) is 19.5 Å². The van der Waals surface area contributed by atoms with Gasteiger partial charge in [0, 0.05) is 25.6 Å². The van der Waals surface area contributed by atoms with Crippen LogP contribution >= 0.6 is 0 Å². The maximum atomic E-state index is 11.9. The fraction of sp³-hybridized carbons (Fsp3) is 0.857. The molecule has 1 heterocycles. The second kappa shape index (κ2) is 8.15. The predicted molar refractivity (Wildman–Crippen MR) is 75.5 cm³/mol. The first-order chi connectivity index (χ1) is 9.10. The van der Waals surface area contributed by atoms with Crippen molar-refractivity contribution in [2.45, 2.75) is 52.0 Å². The molecule has 110 valence electrons. The Labute approximate surface area is 115 Å². The molecule has 1 saturated heterocycles. The van der Waals surface area contributed by atoms with Gasteiger partial charge in [-0.15, -0.1) is 0 Å². The van der Waals surface area contributed by atoms with Gasteiger partial charge < -0.3 is 16.0 Å². The van der Waals surface area contributed by atoms with Gasteiger partial charge in [-0.2, -0.15) is 0 Å². The molecule has 1 atom stereocenters. The molecule has 5 heteroatoms. The minimum absolute atomic E-state index is 0.0207. The Bertz CT molecular complexity index is 299. The monoisotopic (exact) mass is 269 g/mol. The van der Waals surface area contributed by atoms with E-state index >= 15 is 0 Å². The normalized spacial score (nSPS) is 18.2. The number of hydrogen-bond donors (Lipinski definition) is 2. The van der Waals surface area contributed by atoms with Crippen LogP contribution in [0.5, 0.6) is 0 Å². The van der Waals surface area contributed by atoms with Crippen molar-refractivity contribution in [3.63, 3.8) is 0 Å². The van der Waals surface area contributed by atoms with Gasteiger partial charge in [0.25, 0.3) is 0 Å². The molecule has 19 heavy (non-hydrogen) atoms. The van der Waals surface area contributed by atoms with Crippen LogP contribution in [-0.4, -0.2) is 42.4 Å². The molecule has 0 bridgehead atoms. The second-order valence-corrected chi connectivity index (χ2v) is 5.26. The Balaban J connectivity index is 2.32. The second-order valence-electron chi connectivity index (χ2n) is 5.26. The van der Waals surface area contributed by atoms with Crippen LogP contribution in [0.25, 0.3) is 0 Å². The number of rotatable bonds is 6. The van der Waals surface area contributed by atoms with Crippen LogP contribution < -0.4 is 11.1 Å². The number of nitrogens with zero attached hydrogens (tertiary/aromatic N) is 1. The minimum atomic E-state index is -0.394. The average molecular weight is 269 g/mol. The van der Waals surface area contributed by atoms with Gasteiger partial charge in [-0.05, 0) is 25.7 Å². The summed E-state index contributed by atoms with van der Waals surface area (Å²) in [7, 11) is 0. The van der Waals surface area contributed by atoms with Crippen LogP contribution in [0.15, 0.2) is 0 Å². The molecule has 2 amide bonds. The number of amides is 2. The standard InChI is InChI=1S/C14H27N3O2/c1-3-5-8-16-13(18)11-6-9-17(10-7-11)14(19)12(15)4-2/h11-12H,3-10,15H2,1-2H3,(H,16,18)/t12-/m1/s1. The molecule has 0 unspecified atom stereocenters. The van der Waals surface area contributed by atoms with Gasteiger partial charge in [-0.1, -0.05) is 20.3 Å². The largest absolute Gasteiger partial charge is 0.356 e. The third-order valence-electron chi connectivity index (χ3n) is 3.76. The van der Waals surface area contributed by atoms with Crippen molar-refractivity contribution in [3.8, 4) is 0 Å². The highest BCUT2D eigenvalue weighted by atomic mass is 16.2. The third-order valence-corrected chi connectivity index (χ3v) is 3.76. The van der Waals surface area contributed by atoms with Crippen molar-refractivity contribution >= 4 is 11.8 Å². The van der Waals surface area contributed by atoms with E-state index < -0.39 is 6.04 Å². The lowest BCUT2D eigenvalue weighted by molar-refractivity contribution is -0.136. The smallest absolute Gasteiger partial charge is 0.239 e. The first-order valence-electron chi connectivity index (χ1n) is 7.42. The fourth-order valence-electron chi connectivity index (χ4n) is 2.30. The lowest BCUT2D eigenvalue weighted by atomic mass is 9.95. The van der Waals surface area contributed by atoms with Gasteiger partial charge in [-0.3, -0.25) is 9.59 Å². The summed E-state index contributed by atoms with van der Waals surface area (Å²) in [5.41, 5.74) is 5.75. The van der Waals surface area contributed by atoms with Crippen LogP contribution in [0.2, 0.25) is 0 Å². The van der Waals surface area contributed by atoms with E-state index in [1.807, 2.05) is 6.92 Å². The number of nitrogens with two attached hydrogens (primary N) is 1. The zero-order valence-electron chi connectivity index (χ0n) is 12.2. The summed E-state index contributed by atoms with van der Waals surface area (Å²) < 4.78 is 0. The molecule has 0 aromatic rings. The summed E-state index contributed by atoms with van der Waals surface area (Å²) in [6.07, 6.45) is 4.27. The summed E-state index contributed by atoms with van der Waals surface area (Å²) in [6.45, 7) is 6.08. The van der Waals surface area contributed by atoms with Crippen molar-refractivity contribution in [2.75, 3.05) is 19.6 Å². The Morgan fingerprint density at radius 1 is 1.32 bits per heavy atom. The average Bonchev–Trinajstić information content (AvgIpc) is 2.46. The van der Waals surface area contributed by atoms with E-state index in [0.717, 1.165) is 32.2 Å². The minimum Gasteiger partial charge on any atom is -0.356 e. The Hall–Kier alpha value is -1.10. The van der Waals surface area contributed by atoms with Gasteiger partial charge in [0.15, 0.2) is 0 Å². The Morgan fingerprint density at radius 2 is 1.95 bits per heavy atom. The van der Waals surface area contributed by atoms with Gasteiger partial charge in [0.1, 0.15) is 0 Å². The van der Waals surface area contributed by atoms with Crippen LogP contribution in [0.1, 0.15) is 46.0 Å². The number of nitrogens with one attached hydrogen (secondary N) is 1. The number of unbranched alkanes of at least 4 members (excludes halogenated alkanes) is 1. The zero-order chi connectivity index (χ0) is 14.3. The van der Waals surface area contributed by atoms with Gasteiger partial charge >= 0.3 is 0 Å². The van der Waals surface area contributed by atoms with E-state index in [4.69, 9.17) is 5.73 Å². The molecule has 5 nitrogen and oxygen atoms in total. The number of carbonyl (C=O) groups excluding carboxylic acids is 2. The highest BCUT2D eigenvalue weighted by Gasteiger charge is 2.28. The zero-order valence-corrected chi connectivity index (χ0v) is 12.2. The molecule has 1 fully saturated rings. The van der Waals surface area contributed by atoms with Crippen molar-refractivity contribution in [2.24, 2.45) is 11.7 Å². The van der Waals surface area contributed by atoms with E-state index in [9.17, 15) is 9.59 Å². The first-order valence-corrected chi connectivity index (χ1v) is 7.42. The van der Waals surface area contributed by atoms with E-state index in [1.54, 1.807) is 4.90 Å². The van der Waals surface area contributed by atoms with E-state index in [1.165, 1.54) is 0 Å². The predicted octanol–water partition coefficient (Wildman–Crippen LogP) is 0.879. The van der Waals surface area contributed by atoms with Crippen LogP contribution in [0, 0.1) is 5.92 Å². The topological polar surface area (TPSA) is 75.4 Å². The van der Waals surface area contributed by atoms with Gasteiger partial charge in [0.05, 0.1) is 6.04 Å². The molecule has 0 saturated carbocycles. The molecule has 1 rings (SSSR count). The van der Waals surface area contributed by atoms with Crippen molar-refractivity contribution < 1.29 is 9.59 Å². The first kappa shape index (κ1) is 16.0. The van der Waals surface area contributed by atoms with Gasteiger partial charge in [0.2, 0.25) is 11.8 Å². The third kappa shape index (κ3) is 4.82. The number of hydrogen-bond acceptors (Lipinski definition) is 3. The van der Waals surface area contributed by atoms with Crippen molar-refractivity contribution in [1.29, 1.82) is 0 Å². The number of carbonyl (C=O) groups is 2. The summed E-state index contributed by atoms with van der Waals surface area (Å²) in [5.74, 6) is 0.214. The van der Waals surface area contributed by atoms with E-state index in [-0.39, 0.29) is 17.7 Å². The van der Waals surface area contributed by atoms with Crippen LogP contribution in [0.4, 0.5) is 0 Å². The molecule has 0 radical (unpaired) electrons. The molecule has 0 aromatic carbocycles.